The lowest BCUT2D eigenvalue weighted by Crippen LogP contribution is -2.33. The first-order valence-corrected chi connectivity index (χ1v) is 6.52. The maximum atomic E-state index is 13.9. The molecule has 4 nitrogen and oxygen atoms in total. The van der Waals surface area contributed by atoms with Crippen molar-refractivity contribution in [3.63, 3.8) is 0 Å². The van der Waals surface area contributed by atoms with Crippen LogP contribution >= 0.6 is 0 Å². The monoisotopic (exact) mass is 284 g/mol. The van der Waals surface area contributed by atoms with Crippen LogP contribution in [-0.2, 0) is 0 Å². The van der Waals surface area contributed by atoms with Crippen molar-refractivity contribution >= 4 is 17.5 Å². The van der Waals surface area contributed by atoms with Crippen LogP contribution in [0.25, 0.3) is 0 Å². The van der Waals surface area contributed by atoms with E-state index in [0.29, 0.717) is 16.8 Å². The molecule has 21 heavy (non-hydrogen) atoms. The molecule has 5 heteroatoms. The van der Waals surface area contributed by atoms with Crippen LogP contribution < -0.4 is 5.73 Å². The molecule has 2 amide bonds. The minimum absolute atomic E-state index is 0.267. The third-order valence-corrected chi connectivity index (χ3v) is 3.68. The summed E-state index contributed by atoms with van der Waals surface area (Å²) in [6.45, 7) is 1.63. The van der Waals surface area contributed by atoms with E-state index in [1.807, 2.05) is 0 Å². The minimum atomic E-state index is -0.681. The summed E-state index contributed by atoms with van der Waals surface area (Å²) in [5.41, 5.74) is 6.94. The summed E-state index contributed by atoms with van der Waals surface area (Å²) >= 11 is 0. The standard InChI is InChI=1S/C16H13FN2O2/c1-9(11-4-2-3-5-14(11)17)19-15(20)12-7-6-10(18)8-13(12)16(19)21/h2-9H,18H2,1H3. The highest BCUT2D eigenvalue weighted by Crippen LogP contribution is 2.32. The first kappa shape index (κ1) is 13.3. The Morgan fingerprint density at radius 1 is 1.05 bits per heavy atom. The predicted molar refractivity (Wildman–Crippen MR) is 76.2 cm³/mol. The lowest BCUT2D eigenvalue weighted by molar-refractivity contribution is 0.0593. The minimum Gasteiger partial charge on any atom is -0.399 e. The Morgan fingerprint density at radius 3 is 2.43 bits per heavy atom. The number of carbonyl (C=O) groups excluding carboxylic acids is 2. The number of imide groups is 1. The smallest absolute Gasteiger partial charge is 0.262 e. The van der Waals surface area contributed by atoms with Gasteiger partial charge in [0, 0.05) is 11.3 Å². The summed E-state index contributed by atoms with van der Waals surface area (Å²) in [5.74, 6) is -1.31. The fraction of sp³-hybridized carbons (Fsp3) is 0.125. The molecule has 1 aliphatic rings. The van der Waals surface area contributed by atoms with Crippen LogP contribution in [0.15, 0.2) is 42.5 Å². The average Bonchev–Trinajstić information content (AvgIpc) is 2.70. The van der Waals surface area contributed by atoms with Crippen molar-refractivity contribution in [3.8, 4) is 0 Å². The van der Waals surface area contributed by atoms with Gasteiger partial charge < -0.3 is 5.73 Å². The highest BCUT2D eigenvalue weighted by Gasteiger charge is 2.39. The Balaban J connectivity index is 2.04. The van der Waals surface area contributed by atoms with Crippen molar-refractivity contribution < 1.29 is 14.0 Å². The van der Waals surface area contributed by atoms with Crippen molar-refractivity contribution in [2.75, 3.05) is 5.73 Å². The molecule has 1 atom stereocenters. The molecule has 1 aliphatic heterocycles. The van der Waals surface area contributed by atoms with Gasteiger partial charge in [0.25, 0.3) is 11.8 Å². The first-order chi connectivity index (χ1) is 10.0. The van der Waals surface area contributed by atoms with Crippen molar-refractivity contribution in [3.05, 3.63) is 65.0 Å². The largest absolute Gasteiger partial charge is 0.399 e. The number of nitrogens with zero attached hydrogens (tertiary/aromatic N) is 1. The average molecular weight is 284 g/mol. The zero-order valence-corrected chi connectivity index (χ0v) is 11.3. The number of rotatable bonds is 2. The topological polar surface area (TPSA) is 63.4 Å². The van der Waals surface area contributed by atoms with Gasteiger partial charge in [0.1, 0.15) is 5.82 Å². The summed E-state index contributed by atoms with van der Waals surface area (Å²) in [6.07, 6.45) is 0. The van der Waals surface area contributed by atoms with Crippen LogP contribution in [0.1, 0.15) is 39.2 Å². The van der Waals surface area contributed by atoms with Crippen LogP contribution in [0.5, 0.6) is 0 Å². The molecule has 106 valence electrons. The Kier molecular flexibility index (Phi) is 2.97. The van der Waals surface area contributed by atoms with Gasteiger partial charge in [-0.1, -0.05) is 18.2 Å². The van der Waals surface area contributed by atoms with E-state index < -0.39 is 23.7 Å². The fourth-order valence-corrected chi connectivity index (χ4v) is 2.58. The number of hydrogen-bond donors (Lipinski definition) is 1. The highest BCUT2D eigenvalue weighted by molar-refractivity contribution is 6.21. The number of fused-ring (bicyclic) bond motifs is 1. The zero-order chi connectivity index (χ0) is 15.1. The number of nitrogen functional groups attached to an aromatic ring is 1. The first-order valence-electron chi connectivity index (χ1n) is 6.52. The van der Waals surface area contributed by atoms with Gasteiger partial charge in [-0.05, 0) is 31.2 Å². The van der Waals surface area contributed by atoms with Crippen LogP contribution in [0, 0.1) is 5.82 Å². The van der Waals surface area contributed by atoms with Crippen LogP contribution in [-0.4, -0.2) is 16.7 Å². The van der Waals surface area contributed by atoms with Crippen molar-refractivity contribution in [1.29, 1.82) is 0 Å². The Labute approximate surface area is 121 Å². The van der Waals surface area contributed by atoms with Crippen LogP contribution in [0.2, 0.25) is 0 Å². The molecule has 1 unspecified atom stereocenters. The molecule has 2 aromatic rings. The van der Waals surface area contributed by atoms with E-state index in [2.05, 4.69) is 0 Å². The van der Waals surface area contributed by atoms with Crippen molar-refractivity contribution in [2.45, 2.75) is 13.0 Å². The van der Waals surface area contributed by atoms with E-state index in [9.17, 15) is 14.0 Å². The molecule has 2 aromatic carbocycles. The molecule has 0 radical (unpaired) electrons. The van der Waals surface area contributed by atoms with Crippen LogP contribution in [0.3, 0.4) is 0 Å². The van der Waals surface area contributed by atoms with Gasteiger partial charge in [-0.2, -0.15) is 0 Å². The van der Waals surface area contributed by atoms with E-state index in [0.717, 1.165) is 4.90 Å². The van der Waals surface area contributed by atoms with E-state index in [4.69, 9.17) is 5.73 Å². The van der Waals surface area contributed by atoms with Gasteiger partial charge in [-0.3, -0.25) is 14.5 Å². The molecule has 1 heterocycles. The van der Waals surface area contributed by atoms with Gasteiger partial charge in [0.15, 0.2) is 0 Å². The Morgan fingerprint density at radius 2 is 1.71 bits per heavy atom. The summed E-state index contributed by atoms with van der Waals surface area (Å²) < 4.78 is 13.9. The Bertz CT molecular complexity index is 758. The quantitative estimate of drug-likeness (QED) is 0.681. The second-order valence-corrected chi connectivity index (χ2v) is 4.98. The highest BCUT2D eigenvalue weighted by atomic mass is 19.1. The van der Waals surface area contributed by atoms with E-state index in [-0.39, 0.29) is 5.56 Å². The van der Waals surface area contributed by atoms with Gasteiger partial charge in [-0.25, -0.2) is 4.39 Å². The lowest BCUT2D eigenvalue weighted by Gasteiger charge is -2.23. The third kappa shape index (κ3) is 1.98. The molecule has 2 N–H and O–H groups in total. The maximum Gasteiger partial charge on any atom is 0.262 e. The number of halogens is 1. The second kappa shape index (κ2) is 4.70. The van der Waals surface area contributed by atoms with Crippen LogP contribution in [0.4, 0.5) is 10.1 Å². The predicted octanol–water partition coefficient (Wildman–Crippen LogP) is 2.77. The molecular formula is C16H13FN2O2. The molecule has 3 rings (SSSR count). The van der Waals surface area contributed by atoms with Gasteiger partial charge in [-0.15, -0.1) is 0 Å². The number of amides is 2. The van der Waals surface area contributed by atoms with Gasteiger partial charge in [0.05, 0.1) is 17.2 Å². The van der Waals surface area contributed by atoms with Gasteiger partial charge >= 0.3 is 0 Å². The van der Waals surface area contributed by atoms with E-state index in [1.54, 1.807) is 31.2 Å². The molecule has 0 spiro atoms. The molecular weight excluding hydrogens is 271 g/mol. The van der Waals surface area contributed by atoms with Gasteiger partial charge in [0.2, 0.25) is 0 Å². The zero-order valence-electron chi connectivity index (χ0n) is 11.3. The molecule has 0 aromatic heterocycles. The fourth-order valence-electron chi connectivity index (χ4n) is 2.58. The van der Waals surface area contributed by atoms with Crippen molar-refractivity contribution in [1.82, 2.24) is 4.90 Å². The molecule has 0 saturated heterocycles. The maximum absolute atomic E-state index is 13.9. The lowest BCUT2D eigenvalue weighted by atomic mass is 10.1. The normalized spacial score (nSPS) is 15.2. The number of benzene rings is 2. The summed E-state index contributed by atoms with van der Waals surface area (Å²) in [6, 6.07) is 10.0. The number of hydrogen-bond acceptors (Lipinski definition) is 3. The number of anilines is 1. The van der Waals surface area contributed by atoms with E-state index in [1.165, 1.54) is 18.2 Å². The summed E-state index contributed by atoms with van der Waals surface area (Å²) in [5, 5.41) is 0. The molecule has 0 aliphatic carbocycles. The molecule has 0 saturated carbocycles. The summed E-state index contributed by atoms with van der Waals surface area (Å²) in [7, 11) is 0. The molecule has 0 fully saturated rings. The second-order valence-electron chi connectivity index (χ2n) is 4.98. The number of nitrogens with two attached hydrogens (primary N) is 1. The number of carbonyl (C=O) groups is 2. The SMILES string of the molecule is CC(c1ccccc1F)N1C(=O)c2ccc(N)cc2C1=O. The molecule has 0 bridgehead atoms. The summed E-state index contributed by atoms with van der Waals surface area (Å²) in [4.78, 5) is 25.9. The van der Waals surface area contributed by atoms with E-state index >= 15 is 0 Å². The third-order valence-electron chi connectivity index (χ3n) is 3.68. The Hall–Kier alpha value is -2.69. The van der Waals surface area contributed by atoms with Crippen molar-refractivity contribution in [2.24, 2.45) is 0 Å².